The predicted molar refractivity (Wildman–Crippen MR) is 46.7 cm³/mol. The van der Waals surface area contributed by atoms with E-state index < -0.39 is 0 Å². The number of rotatable bonds is 3. The van der Waals surface area contributed by atoms with Crippen LogP contribution >= 0.6 is 12.2 Å². The van der Waals surface area contributed by atoms with E-state index in [-0.39, 0.29) is 6.04 Å². The van der Waals surface area contributed by atoms with Gasteiger partial charge in [0.25, 0.3) is 0 Å². The lowest BCUT2D eigenvalue weighted by Gasteiger charge is -2.02. The summed E-state index contributed by atoms with van der Waals surface area (Å²) in [5.41, 5.74) is 0. The summed E-state index contributed by atoms with van der Waals surface area (Å²) in [7, 11) is 0. The van der Waals surface area contributed by atoms with Crippen LogP contribution in [0.4, 0.5) is 0 Å². The molecule has 1 rings (SSSR count). The maximum atomic E-state index is 4.48. The normalized spacial score (nSPS) is 12.1. The molecule has 0 aliphatic rings. The van der Waals surface area contributed by atoms with Crippen molar-refractivity contribution < 1.29 is 0 Å². The van der Waals surface area contributed by atoms with Gasteiger partial charge in [-0.05, 0) is 25.2 Å². The van der Waals surface area contributed by atoms with Crippen molar-refractivity contribution in [3.8, 4) is 0 Å². The predicted octanol–water partition coefficient (Wildman–Crippen LogP) is 1.37. The zero-order chi connectivity index (χ0) is 8.10. The average Bonchev–Trinajstić information content (AvgIpc) is 2.40. The SMILES string of the molecule is CC(Cn1cccn1)N=C=S. The number of isothiocyanates is 1. The standard InChI is InChI=1S/C7H9N3S/c1-7(8-6-11)5-10-4-2-3-9-10/h2-4,7H,5H2,1H3. The van der Waals surface area contributed by atoms with Crippen molar-refractivity contribution in [2.75, 3.05) is 0 Å². The molecule has 0 saturated heterocycles. The summed E-state index contributed by atoms with van der Waals surface area (Å²) < 4.78 is 1.82. The molecule has 0 aromatic carbocycles. The first-order valence-electron chi connectivity index (χ1n) is 3.37. The highest BCUT2D eigenvalue weighted by Crippen LogP contribution is 1.93. The second-order valence-electron chi connectivity index (χ2n) is 2.30. The fourth-order valence-electron chi connectivity index (χ4n) is 0.810. The molecule has 11 heavy (non-hydrogen) atoms. The molecule has 1 aromatic heterocycles. The summed E-state index contributed by atoms with van der Waals surface area (Å²) in [6.45, 7) is 2.73. The first kappa shape index (κ1) is 8.11. The van der Waals surface area contributed by atoms with Gasteiger partial charge in [0, 0.05) is 12.4 Å². The van der Waals surface area contributed by atoms with Crippen molar-refractivity contribution in [1.29, 1.82) is 0 Å². The Balaban J connectivity index is 2.49. The van der Waals surface area contributed by atoms with Crippen LogP contribution in [0.1, 0.15) is 6.92 Å². The summed E-state index contributed by atoms with van der Waals surface area (Å²) in [4.78, 5) is 3.90. The van der Waals surface area contributed by atoms with Crippen molar-refractivity contribution >= 4 is 17.4 Å². The molecule has 1 heterocycles. The smallest absolute Gasteiger partial charge is 0.0770 e. The van der Waals surface area contributed by atoms with Crippen LogP contribution < -0.4 is 0 Å². The Morgan fingerprint density at radius 1 is 1.82 bits per heavy atom. The van der Waals surface area contributed by atoms with Gasteiger partial charge in [-0.25, -0.2) is 4.99 Å². The van der Waals surface area contributed by atoms with Crippen LogP contribution in [-0.2, 0) is 6.54 Å². The largest absolute Gasteiger partial charge is 0.271 e. The van der Waals surface area contributed by atoms with E-state index in [9.17, 15) is 0 Å². The first-order valence-corrected chi connectivity index (χ1v) is 3.78. The van der Waals surface area contributed by atoms with E-state index in [2.05, 4.69) is 27.5 Å². The molecule has 3 nitrogen and oxygen atoms in total. The Morgan fingerprint density at radius 2 is 2.64 bits per heavy atom. The molecule has 0 radical (unpaired) electrons. The summed E-state index contributed by atoms with van der Waals surface area (Å²) in [6, 6.07) is 2.04. The number of hydrogen-bond donors (Lipinski definition) is 0. The molecule has 0 aliphatic heterocycles. The lowest BCUT2D eigenvalue weighted by molar-refractivity contribution is 0.542. The molecular formula is C7H9N3S. The van der Waals surface area contributed by atoms with Gasteiger partial charge in [0.2, 0.25) is 0 Å². The maximum absolute atomic E-state index is 4.48. The van der Waals surface area contributed by atoms with Crippen LogP contribution in [-0.4, -0.2) is 21.0 Å². The first-order chi connectivity index (χ1) is 5.33. The zero-order valence-corrected chi connectivity index (χ0v) is 7.08. The van der Waals surface area contributed by atoms with E-state index in [4.69, 9.17) is 0 Å². The molecule has 0 N–H and O–H groups in total. The molecule has 0 spiro atoms. The summed E-state index contributed by atoms with van der Waals surface area (Å²) in [5.74, 6) is 0. The molecule has 1 atom stereocenters. The molecule has 58 valence electrons. The van der Waals surface area contributed by atoms with Crippen LogP contribution in [0, 0.1) is 0 Å². The minimum atomic E-state index is 0.160. The molecule has 1 aromatic rings. The molecule has 0 amide bonds. The van der Waals surface area contributed by atoms with Crippen LogP contribution in [0.25, 0.3) is 0 Å². The van der Waals surface area contributed by atoms with Crippen LogP contribution in [0.5, 0.6) is 0 Å². The molecular weight excluding hydrogens is 158 g/mol. The summed E-state index contributed by atoms with van der Waals surface area (Å²) in [6.07, 6.45) is 3.64. The van der Waals surface area contributed by atoms with E-state index in [0.717, 1.165) is 6.54 Å². The van der Waals surface area contributed by atoms with Gasteiger partial charge in [-0.1, -0.05) is 0 Å². The van der Waals surface area contributed by atoms with Gasteiger partial charge in [-0.2, -0.15) is 5.10 Å². The van der Waals surface area contributed by atoms with Crippen LogP contribution in [0.3, 0.4) is 0 Å². The third-order valence-corrected chi connectivity index (χ3v) is 1.39. The lowest BCUT2D eigenvalue weighted by Crippen LogP contribution is -2.10. The van der Waals surface area contributed by atoms with Gasteiger partial charge in [0.15, 0.2) is 0 Å². The van der Waals surface area contributed by atoms with Gasteiger partial charge < -0.3 is 0 Å². The summed E-state index contributed by atoms with van der Waals surface area (Å²) >= 11 is 4.48. The van der Waals surface area contributed by atoms with E-state index >= 15 is 0 Å². The Labute approximate surface area is 70.8 Å². The number of aromatic nitrogens is 2. The topological polar surface area (TPSA) is 30.2 Å². The third kappa shape index (κ3) is 2.62. The average molecular weight is 167 g/mol. The number of aliphatic imine (C=N–C) groups is 1. The Bertz CT molecular complexity index is 249. The van der Waals surface area contributed by atoms with Crippen LogP contribution in [0.15, 0.2) is 23.5 Å². The van der Waals surface area contributed by atoms with Gasteiger partial charge >= 0.3 is 0 Å². The van der Waals surface area contributed by atoms with Crippen LogP contribution in [0.2, 0.25) is 0 Å². The zero-order valence-electron chi connectivity index (χ0n) is 6.27. The van der Waals surface area contributed by atoms with E-state index in [1.165, 1.54) is 0 Å². The Morgan fingerprint density at radius 3 is 3.18 bits per heavy atom. The van der Waals surface area contributed by atoms with Gasteiger partial charge in [-0.3, -0.25) is 4.68 Å². The molecule has 0 saturated carbocycles. The summed E-state index contributed by atoms with van der Waals surface area (Å²) in [5, 5.41) is 6.38. The lowest BCUT2D eigenvalue weighted by atomic mass is 10.4. The fraction of sp³-hybridized carbons (Fsp3) is 0.429. The number of nitrogens with zero attached hydrogens (tertiary/aromatic N) is 3. The van der Waals surface area contributed by atoms with Gasteiger partial charge in [-0.15, -0.1) is 0 Å². The molecule has 0 aliphatic carbocycles. The van der Waals surface area contributed by atoms with E-state index in [1.807, 2.05) is 23.9 Å². The number of hydrogen-bond acceptors (Lipinski definition) is 3. The van der Waals surface area contributed by atoms with Crippen molar-refractivity contribution in [3.05, 3.63) is 18.5 Å². The highest BCUT2D eigenvalue weighted by Gasteiger charge is 1.98. The van der Waals surface area contributed by atoms with E-state index in [0.29, 0.717) is 0 Å². The maximum Gasteiger partial charge on any atom is 0.0770 e. The highest BCUT2D eigenvalue weighted by atomic mass is 32.1. The molecule has 1 unspecified atom stereocenters. The van der Waals surface area contributed by atoms with Crippen molar-refractivity contribution in [2.24, 2.45) is 4.99 Å². The van der Waals surface area contributed by atoms with Crippen molar-refractivity contribution in [3.63, 3.8) is 0 Å². The minimum Gasteiger partial charge on any atom is -0.271 e. The monoisotopic (exact) mass is 167 g/mol. The Kier molecular flexibility index (Phi) is 2.95. The number of thiocarbonyl (C=S) groups is 1. The minimum absolute atomic E-state index is 0.160. The van der Waals surface area contributed by atoms with Crippen molar-refractivity contribution in [1.82, 2.24) is 9.78 Å². The second kappa shape index (κ2) is 4.01. The molecule has 0 fully saturated rings. The molecule has 0 bridgehead atoms. The second-order valence-corrected chi connectivity index (χ2v) is 2.48. The van der Waals surface area contributed by atoms with Gasteiger partial charge in [0.1, 0.15) is 0 Å². The fourth-order valence-corrected chi connectivity index (χ4v) is 0.990. The highest BCUT2D eigenvalue weighted by molar-refractivity contribution is 7.78. The Hall–Kier alpha value is -0.990. The van der Waals surface area contributed by atoms with E-state index in [1.54, 1.807) is 6.20 Å². The van der Waals surface area contributed by atoms with Gasteiger partial charge in [0.05, 0.1) is 17.7 Å². The quantitative estimate of drug-likeness (QED) is 0.503. The molecule has 4 heteroatoms. The van der Waals surface area contributed by atoms with Crippen molar-refractivity contribution in [2.45, 2.75) is 19.5 Å². The third-order valence-electron chi connectivity index (χ3n) is 1.28.